The molecule has 11 heavy (non-hydrogen) atoms. The van der Waals surface area contributed by atoms with Gasteiger partial charge in [-0.2, -0.15) is 9.65 Å². The normalized spacial score (nSPS) is 9.18. The van der Waals surface area contributed by atoms with Crippen LogP contribution in [0.15, 0.2) is 12.1 Å². The van der Waals surface area contributed by atoms with E-state index in [4.69, 9.17) is 5.26 Å². The number of nitriles is 1. The first kappa shape index (κ1) is 7.67. The van der Waals surface area contributed by atoms with Gasteiger partial charge in [0.1, 0.15) is 0 Å². The van der Waals surface area contributed by atoms with Crippen LogP contribution in [0.5, 0.6) is 0 Å². The smallest absolute Gasteiger partial charge is 0.217 e. The van der Waals surface area contributed by atoms with Gasteiger partial charge in [-0.15, -0.1) is 0 Å². The van der Waals surface area contributed by atoms with Crippen LogP contribution in [0.1, 0.15) is 11.3 Å². The minimum atomic E-state index is -0.536. The highest BCUT2D eigenvalue weighted by Crippen LogP contribution is 2.05. The minimum absolute atomic E-state index is 0.0825. The van der Waals surface area contributed by atoms with Gasteiger partial charge in [0, 0.05) is 11.3 Å². The van der Waals surface area contributed by atoms with E-state index in [-0.39, 0.29) is 6.42 Å². The summed E-state index contributed by atoms with van der Waals surface area (Å²) in [6, 6.07) is 5.14. The molecule has 0 aliphatic rings. The summed E-state index contributed by atoms with van der Waals surface area (Å²) in [4.78, 5) is 3.57. The summed E-state index contributed by atoms with van der Waals surface area (Å²) >= 11 is 0. The third-order valence-corrected chi connectivity index (χ3v) is 1.33. The topological polar surface area (TPSA) is 36.7 Å². The van der Waals surface area contributed by atoms with Gasteiger partial charge in [0.05, 0.1) is 12.5 Å². The van der Waals surface area contributed by atoms with E-state index in [9.17, 15) is 4.39 Å². The summed E-state index contributed by atoms with van der Waals surface area (Å²) < 4.78 is 12.8. The Bertz CT molecular complexity index is 301. The number of halogens is 1. The second-order valence-corrected chi connectivity index (χ2v) is 2.24. The van der Waals surface area contributed by atoms with Crippen molar-refractivity contribution in [3.8, 4) is 6.07 Å². The Morgan fingerprint density at radius 3 is 2.91 bits per heavy atom. The minimum Gasteiger partial charge on any atom is -0.225 e. The lowest BCUT2D eigenvalue weighted by molar-refractivity contribution is 0.567. The van der Waals surface area contributed by atoms with Crippen LogP contribution < -0.4 is 0 Å². The van der Waals surface area contributed by atoms with Crippen LogP contribution in [0.3, 0.4) is 0 Å². The first-order valence-corrected chi connectivity index (χ1v) is 3.23. The predicted octanol–water partition coefficient (Wildman–Crippen LogP) is 1.60. The molecule has 2 nitrogen and oxygen atoms in total. The Morgan fingerprint density at radius 1 is 1.64 bits per heavy atom. The maximum absolute atomic E-state index is 12.8. The molecule has 0 unspecified atom stereocenters. The number of hydrogen-bond acceptors (Lipinski definition) is 2. The van der Waals surface area contributed by atoms with Crippen molar-refractivity contribution in [2.45, 2.75) is 13.3 Å². The van der Waals surface area contributed by atoms with Gasteiger partial charge in [-0.25, -0.2) is 4.98 Å². The summed E-state index contributed by atoms with van der Waals surface area (Å²) in [7, 11) is 0. The van der Waals surface area contributed by atoms with Gasteiger partial charge in [-0.1, -0.05) is 6.07 Å². The molecule has 0 atom stereocenters. The molecule has 0 amide bonds. The molecular weight excluding hydrogens is 143 g/mol. The molecule has 3 heteroatoms. The Hall–Kier alpha value is -1.43. The van der Waals surface area contributed by atoms with E-state index in [1.54, 1.807) is 19.1 Å². The molecule has 1 aromatic heterocycles. The number of pyridine rings is 1. The second-order valence-electron chi connectivity index (χ2n) is 2.24. The Morgan fingerprint density at radius 2 is 2.36 bits per heavy atom. The van der Waals surface area contributed by atoms with Crippen molar-refractivity contribution in [2.75, 3.05) is 0 Å². The maximum atomic E-state index is 12.8. The van der Waals surface area contributed by atoms with E-state index < -0.39 is 5.95 Å². The summed E-state index contributed by atoms with van der Waals surface area (Å²) in [6.45, 7) is 1.71. The highest BCUT2D eigenvalue weighted by Gasteiger charge is 2.01. The van der Waals surface area contributed by atoms with E-state index in [1.165, 1.54) is 0 Å². The zero-order valence-electron chi connectivity index (χ0n) is 6.13. The third-order valence-electron chi connectivity index (χ3n) is 1.33. The summed E-state index contributed by atoms with van der Waals surface area (Å²) in [5.74, 6) is -0.536. The zero-order chi connectivity index (χ0) is 8.27. The van der Waals surface area contributed by atoms with Crippen molar-refractivity contribution in [1.82, 2.24) is 4.98 Å². The Kier molecular flexibility index (Phi) is 2.17. The molecule has 1 rings (SSSR count). The van der Waals surface area contributed by atoms with E-state index in [1.807, 2.05) is 6.07 Å². The van der Waals surface area contributed by atoms with Crippen molar-refractivity contribution >= 4 is 0 Å². The van der Waals surface area contributed by atoms with Gasteiger partial charge in [0.25, 0.3) is 0 Å². The molecule has 0 fully saturated rings. The first-order valence-electron chi connectivity index (χ1n) is 3.23. The first-order chi connectivity index (χ1) is 5.24. The molecule has 0 saturated carbocycles. The zero-order valence-corrected chi connectivity index (χ0v) is 6.13. The Labute approximate surface area is 64.3 Å². The number of aromatic nitrogens is 1. The average molecular weight is 150 g/mol. The fraction of sp³-hybridized carbons (Fsp3) is 0.250. The quantitative estimate of drug-likeness (QED) is 0.570. The molecule has 0 N–H and O–H groups in total. The monoisotopic (exact) mass is 150 g/mol. The van der Waals surface area contributed by atoms with Crippen LogP contribution in [-0.2, 0) is 6.42 Å². The lowest BCUT2D eigenvalue weighted by Crippen LogP contribution is -1.93. The standard InChI is InChI=1S/C8H7FN2/c1-6-2-3-7(4-5-10)8(9)11-6/h2-3H,4H2,1H3. The number of aryl methyl sites for hydroxylation is 1. The Balaban J connectivity index is 3.01. The molecule has 56 valence electrons. The van der Waals surface area contributed by atoms with Crippen molar-refractivity contribution in [1.29, 1.82) is 5.26 Å². The fourth-order valence-corrected chi connectivity index (χ4v) is 0.771. The van der Waals surface area contributed by atoms with E-state index in [0.717, 1.165) is 0 Å². The SMILES string of the molecule is Cc1ccc(CC#N)c(F)n1. The van der Waals surface area contributed by atoms with Gasteiger partial charge >= 0.3 is 0 Å². The van der Waals surface area contributed by atoms with Crippen LogP contribution in [0.4, 0.5) is 4.39 Å². The van der Waals surface area contributed by atoms with Crippen LogP contribution >= 0.6 is 0 Å². The lowest BCUT2D eigenvalue weighted by atomic mass is 10.2. The van der Waals surface area contributed by atoms with E-state index >= 15 is 0 Å². The molecular formula is C8H7FN2. The molecule has 0 aliphatic heterocycles. The van der Waals surface area contributed by atoms with Crippen molar-refractivity contribution < 1.29 is 4.39 Å². The molecule has 0 spiro atoms. The second kappa shape index (κ2) is 3.11. The number of rotatable bonds is 1. The molecule has 0 radical (unpaired) electrons. The molecule has 1 aromatic rings. The highest BCUT2D eigenvalue weighted by atomic mass is 19.1. The van der Waals surface area contributed by atoms with Gasteiger partial charge in [-0.3, -0.25) is 0 Å². The molecule has 0 bridgehead atoms. The molecule has 0 saturated heterocycles. The molecule has 0 aliphatic carbocycles. The van der Waals surface area contributed by atoms with Crippen LogP contribution in [-0.4, -0.2) is 4.98 Å². The van der Waals surface area contributed by atoms with Crippen LogP contribution in [0.25, 0.3) is 0 Å². The van der Waals surface area contributed by atoms with Gasteiger partial charge in [-0.05, 0) is 13.0 Å². The summed E-state index contributed by atoms with van der Waals surface area (Å²) in [6.07, 6.45) is 0.0825. The van der Waals surface area contributed by atoms with Gasteiger partial charge in [0.2, 0.25) is 5.95 Å². The van der Waals surface area contributed by atoms with Crippen molar-refractivity contribution in [2.24, 2.45) is 0 Å². The van der Waals surface area contributed by atoms with Crippen LogP contribution in [0.2, 0.25) is 0 Å². The summed E-state index contributed by atoms with van der Waals surface area (Å²) in [5, 5.41) is 8.27. The van der Waals surface area contributed by atoms with E-state index in [2.05, 4.69) is 4.98 Å². The third kappa shape index (κ3) is 1.74. The highest BCUT2D eigenvalue weighted by molar-refractivity contribution is 5.17. The molecule has 0 aromatic carbocycles. The number of hydrogen-bond donors (Lipinski definition) is 0. The fourth-order valence-electron chi connectivity index (χ4n) is 0.771. The predicted molar refractivity (Wildman–Crippen MR) is 38.2 cm³/mol. The molecule has 1 heterocycles. The number of nitrogens with zero attached hydrogens (tertiary/aromatic N) is 2. The van der Waals surface area contributed by atoms with Crippen molar-refractivity contribution in [3.63, 3.8) is 0 Å². The average Bonchev–Trinajstić information content (AvgIpc) is 1.95. The van der Waals surface area contributed by atoms with Crippen LogP contribution in [0, 0.1) is 24.2 Å². The maximum Gasteiger partial charge on any atom is 0.217 e. The largest absolute Gasteiger partial charge is 0.225 e. The van der Waals surface area contributed by atoms with Crippen molar-refractivity contribution in [3.05, 3.63) is 29.3 Å². The van der Waals surface area contributed by atoms with E-state index in [0.29, 0.717) is 11.3 Å². The van der Waals surface area contributed by atoms with Gasteiger partial charge < -0.3 is 0 Å². The lowest BCUT2D eigenvalue weighted by Gasteiger charge is -1.96. The summed E-state index contributed by atoms with van der Waals surface area (Å²) in [5.41, 5.74) is 0.988. The van der Waals surface area contributed by atoms with Gasteiger partial charge in [0.15, 0.2) is 0 Å².